The molecule has 0 N–H and O–H groups in total. The Bertz CT molecular complexity index is 564. The van der Waals surface area contributed by atoms with Crippen LogP contribution in [-0.4, -0.2) is 50.3 Å². The molecule has 4 nitrogen and oxygen atoms in total. The molecule has 0 aliphatic heterocycles. The standard InChI is InChI=1S/C18H30N2O2S/c1-5-19(6-2)13-14-20(16-17(3)4)23(21,22)15-12-18-10-8-7-9-11-18/h7-12,15,17H,5-6,13-14,16H2,1-4H3/b15-12+. The smallest absolute Gasteiger partial charge is 0.236 e. The van der Waals surface area contributed by atoms with E-state index in [0.717, 1.165) is 25.2 Å². The zero-order chi connectivity index (χ0) is 17.3. The highest BCUT2D eigenvalue weighted by molar-refractivity contribution is 7.92. The topological polar surface area (TPSA) is 40.6 Å². The molecule has 0 aliphatic rings. The van der Waals surface area contributed by atoms with Crippen LogP contribution < -0.4 is 0 Å². The third-order valence-corrected chi connectivity index (χ3v) is 5.25. The monoisotopic (exact) mass is 338 g/mol. The first-order chi connectivity index (χ1) is 10.9. The Kier molecular flexibility index (Phi) is 8.52. The van der Waals surface area contributed by atoms with Crippen LogP contribution in [0.5, 0.6) is 0 Å². The molecular weight excluding hydrogens is 308 g/mol. The summed E-state index contributed by atoms with van der Waals surface area (Å²) in [5, 5.41) is 1.33. The van der Waals surface area contributed by atoms with Crippen LogP contribution in [0.2, 0.25) is 0 Å². The fourth-order valence-corrected chi connectivity index (χ4v) is 3.68. The molecule has 130 valence electrons. The second kappa shape index (κ2) is 9.85. The number of hydrogen-bond acceptors (Lipinski definition) is 3. The summed E-state index contributed by atoms with van der Waals surface area (Å²) in [6, 6.07) is 9.52. The van der Waals surface area contributed by atoms with Crippen molar-refractivity contribution in [2.75, 3.05) is 32.7 Å². The number of likely N-dealkylation sites (N-methyl/N-ethyl adjacent to an activating group) is 1. The van der Waals surface area contributed by atoms with Gasteiger partial charge in [0.05, 0.1) is 0 Å². The molecule has 1 rings (SSSR count). The Balaban J connectivity index is 2.84. The van der Waals surface area contributed by atoms with Crippen LogP contribution in [0, 0.1) is 5.92 Å². The third-order valence-electron chi connectivity index (χ3n) is 3.72. The molecule has 1 aromatic rings. The van der Waals surface area contributed by atoms with E-state index in [2.05, 4.69) is 18.7 Å². The summed E-state index contributed by atoms with van der Waals surface area (Å²) in [6.45, 7) is 12.0. The quantitative estimate of drug-likeness (QED) is 0.657. The average Bonchev–Trinajstić information content (AvgIpc) is 2.53. The molecule has 0 saturated carbocycles. The second-order valence-corrected chi connectivity index (χ2v) is 7.86. The molecule has 0 heterocycles. The normalized spacial score (nSPS) is 12.8. The van der Waals surface area contributed by atoms with Gasteiger partial charge in [0.15, 0.2) is 0 Å². The van der Waals surface area contributed by atoms with Crippen molar-refractivity contribution in [3.05, 3.63) is 41.3 Å². The fraction of sp³-hybridized carbons (Fsp3) is 0.556. The largest absolute Gasteiger partial charge is 0.303 e. The minimum Gasteiger partial charge on any atom is -0.303 e. The predicted octanol–water partition coefficient (Wildman–Crippen LogP) is 3.29. The van der Waals surface area contributed by atoms with E-state index in [1.807, 2.05) is 44.2 Å². The summed E-state index contributed by atoms with van der Waals surface area (Å²) < 4.78 is 26.9. The van der Waals surface area contributed by atoms with Gasteiger partial charge in [-0.15, -0.1) is 0 Å². The zero-order valence-corrected chi connectivity index (χ0v) is 15.6. The van der Waals surface area contributed by atoms with Crippen molar-refractivity contribution in [2.24, 2.45) is 5.92 Å². The van der Waals surface area contributed by atoms with Gasteiger partial charge < -0.3 is 4.90 Å². The fourth-order valence-electron chi connectivity index (χ4n) is 2.34. The highest BCUT2D eigenvalue weighted by Crippen LogP contribution is 2.11. The first kappa shape index (κ1) is 19.9. The van der Waals surface area contributed by atoms with E-state index in [4.69, 9.17) is 0 Å². The van der Waals surface area contributed by atoms with Gasteiger partial charge in [0.1, 0.15) is 0 Å². The molecule has 0 aliphatic carbocycles. The highest BCUT2D eigenvalue weighted by atomic mass is 32.2. The van der Waals surface area contributed by atoms with Crippen LogP contribution in [0.15, 0.2) is 35.7 Å². The Morgan fingerprint density at radius 3 is 2.17 bits per heavy atom. The molecule has 0 fully saturated rings. The summed E-state index contributed by atoms with van der Waals surface area (Å²) in [5.41, 5.74) is 0.893. The van der Waals surface area contributed by atoms with Gasteiger partial charge in [0.2, 0.25) is 10.0 Å². The summed E-state index contributed by atoms with van der Waals surface area (Å²) in [7, 11) is -3.40. The lowest BCUT2D eigenvalue weighted by atomic mass is 10.2. The minimum atomic E-state index is -3.40. The van der Waals surface area contributed by atoms with Gasteiger partial charge in [0.25, 0.3) is 0 Å². The molecule has 0 radical (unpaired) electrons. The van der Waals surface area contributed by atoms with Gasteiger partial charge in [-0.2, -0.15) is 4.31 Å². The molecule has 0 aromatic heterocycles. The number of sulfonamides is 1. The van der Waals surface area contributed by atoms with E-state index in [1.165, 1.54) is 5.41 Å². The maximum atomic E-state index is 12.6. The number of rotatable bonds is 10. The molecular formula is C18H30N2O2S. The maximum Gasteiger partial charge on any atom is 0.236 e. The first-order valence-electron chi connectivity index (χ1n) is 8.34. The van der Waals surface area contributed by atoms with Gasteiger partial charge in [0, 0.05) is 25.0 Å². The van der Waals surface area contributed by atoms with Crippen LogP contribution >= 0.6 is 0 Å². The van der Waals surface area contributed by atoms with E-state index < -0.39 is 10.0 Å². The van der Waals surface area contributed by atoms with Crippen LogP contribution in [0.1, 0.15) is 33.3 Å². The summed E-state index contributed by atoms with van der Waals surface area (Å²) >= 11 is 0. The summed E-state index contributed by atoms with van der Waals surface area (Å²) in [4.78, 5) is 2.24. The minimum absolute atomic E-state index is 0.298. The van der Waals surface area contributed by atoms with Crippen molar-refractivity contribution < 1.29 is 8.42 Å². The van der Waals surface area contributed by atoms with E-state index in [1.54, 1.807) is 10.4 Å². The van der Waals surface area contributed by atoms with Gasteiger partial charge in [-0.25, -0.2) is 8.42 Å². The summed E-state index contributed by atoms with van der Waals surface area (Å²) in [5.74, 6) is 0.298. The highest BCUT2D eigenvalue weighted by Gasteiger charge is 2.20. The number of benzene rings is 1. The van der Waals surface area contributed by atoms with E-state index in [-0.39, 0.29) is 0 Å². The van der Waals surface area contributed by atoms with Gasteiger partial charge >= 0.3 is 0 Å². The van der Waals surface area contributed by atoms with Gasteiger partial charge in [-0.1, -0.05) is 58.0 Å². The average molecular weight is 339 g/mol. The van der Waals surface area contributed by atoms with Crippen LogP contribution in [-0.2, 0) is 10.0 Å². The molecule has 0 amide bonds. The van der Waals surface area contributed by atoms with Crippen molar-refractivity contribution in [1.29, 1.82) is 0 Å². The van der Waals surface area contributed by atoms with Crippen LogP contribution in [0.25, 0.3) is 6.08 Å². The Morgan fingerprint density at radius 1 is 1.04 bits per heavy atom. The predicted molar refractivity (Wildman–Crippen MR) is 98.6 cm³/mol. The molecule has 0 unspecified atom stereocenters. The van der Waals surface area contributed by atoms with Crippen molar-refractivity contribution in [3.8, 4) is 0 Å². The lowest BCUT2D eigenvalue weighted by molar-refractivity contribution is 0.263. The van der Waals surface area contributed by atoms with E-state index in [0.29, 0.717) is 19.0 Å². The molecule has 5 heteroatoms. The van der Waals surface area contributed by atoms with Crippen molar-refractivity contribution >= 4 is 16.1 Å². The zero-order valence-electron chi connectivity index (χ0n) is 14.8. The third kappa shape index (κ3) is 7.29. The van der Waals surface area contributed by atoms with Crippen LogP contribution in [0.4, 0.5) is 0 Å². The van der Waals surface area contributed by atoms with Crippen molar-refractivity contribution in [3.63, 3.8) is 0 Å². The summed E-state index contributed by atoms with van der Waals surface area (Å²) in [6.07, 6.45) is 1.67. The Hall–Kier alpha value is -1.17. The van der Waals surface area contributed by atoms with Crippen molar-refractivity contribution in [1.82, 2.24) is 9.21 Å². The Labute approximate surface area is 141 Å². The molecule has 0 atom stereocenters. The molecule has 0 spiro atoms. The molecule has 0 bridgehead atoms. The van der Waals surface area contributed by atoms with Crippen LogP contribution in [0.3, 0.4) is 0 Å². The van der Waals surface area contributed by atoms with E-state index in [9.17, 15) is 8.42 Å². The lowest BCUT2D eigenvalue weighted by Crippen LogP contribution is -2.39. The molecule has 23 heavy (non-hydrogen) atoms. The molecule has 0 saturated heterocycles. The molecule has 1 aromatic carbocycles. The van der Waals surface area contributed by atoms with Gasteiger partial charge in [-0.05, 0) is 30.6 Å². The lowest BCUT2D eigenvalue weighted by Gasteiger charge is -2.26. The number of hydrogen-bond donors (Lipinski definition) is 0. The second-order valence-electron chi connectivity index (χ2n) is 6.04. The number of nitrogens with zero attached hydrogens (tertiary/aromatic N) is 2. The van der Waals surface area contributed by atoms with Gasteiger partial charge in [-0.3, -0.25) is 0 Å². The Morgan fingerprint density at radius 2 is 1.65 bits per heavy atom. The van der Waals surface area contributed by atoms with Crippen molar-refractivity contribution in [2.45, 2.75) is 27.7 Å². The SMILES string of the molecule is CCN(CC)CCN(CC(C)C)S(=O)(=O)/C=C/c1ccccc1. The van der Waals surface area contributed by atoms with E-state index >= 15 is 0 Å². The maximum absolute atomic E-state index is 12.6. The first-order valence-corrected chi connectivity index (χ1v) is 9.85.